The summed E-state index contributed by atoms with van der Waals surface area (Å²) in [4.78, 5) is 12.0. The molecule has 0 N–H and O–H groups in total. The minimum Gasteiger partial charge on any atom is -0.452 e. The van der Waals surface area contributed by atoms with E-state index < -0.39 is 0 Å². The molecule has 0 aliphatic carbocycles. The molecular formula is C10H10ClN3O2. The fraction of sp³-hybridized carbons (Fsp3) is 0.300. The lowest BCUT2D eigenvalue weighted by Gasteiger charge is -2.01. The van der Waals surface area contributed by atoms with Gasteiger partial charge in [0.25, 0.3) is 0 Å². The summed E-state index contributed by atoms with van der Waals surface area (Å²) in [6.07, 6.45) is 3.69. The average Bonchev–Trinajstić information content (AvgIpc) is 2.87. The highest BCUT2D eigenvalue weighted by atomic mass is 35.5. The van der Waals surface area contributed by atoms with E-state index in [9.17, 15) is 4.79 Å². The van der Waals surface area contributed by atoms with E-state index in [1.165, 1.54) is 18.5 Å². The third-order valence-corrected chi connectivity index (χ3v) is 2.44. The number of aromatic nitrogens is 3. The van der Waals surface area contributed by atoms with Crippen LogP contribution >= 0.6 is 11.6 Å². The molecule has 0 atom stereocenters. The number of hydrogen-bond acceptors (Lipinski definition) is 4. The number of aryl methyl sites for hydroxylation is 1. The number of nitrogens with zero attached hydrogens (tertiary/aromatic N) is 3. The maximum absolute atomic E-state index is 12.0. The molecule has 84 valence electrons. The summed E-state index contributed by atoms with van der Waals surface area (Å²) in [5.41, 5.74) is 0.756. The van der Waals surface area contributed by atoms with Crippen LogP contribution in [0.2, 0.25) is 5.22 Å². The normalized spacial score (nSPS) is 10.6. The monoisotopic (exact) mass is 239 g/mol. The van der Waals surface area contributed by atoms with Crippen molar-refractivity contribution in [3.63, 3.8) is 0 Å². The van der Waals surface area contributed by atoms with Gasteiger partial charge in [0, 0.05) is 6.54 Å². The van der Waals surface area contributed by atoms with Crippen LogP contribution in [-0.4, -0.2) is 20.8 Å². The lowest BCUT2D eigenvalue weighted by Crippen LogP contribution is -2.11. The van der Waals surface area contributed by atoms with Gasteiger partial charge in [0.2, 0.25) is 11.0 Å². The Balaban J connectivity index is 2.34. The second-order valence-corrected chi connectivity index (χ2v) is 3.62. The van der Waals surface area contributed by atoms with E-state index in [-0.39, 0.29) is 11.0 Å². The number of furan rings is 1. The van der Waals surface area contributed by atoms with Gasteiger partial charge in [0.1, 0.15) is 5.69 Å². The lowest BCUT2D eigenvalue weighted by molar-refractivity contribution is 0.102. The lowest BCUT2D eigenvalue weighted by atomic mass is 10.2. The molecule has 16 heavy (non-hydrogen) atoms. The molecule has 0 aliphatic heterocycles. The Kier molecular flexibility index (Phi) is 3.05. The highest BCUT2D eigenvalue weighted by molar-refractivity contribution is 6.33. The van der Waals surface area contributed by atoms with Gasteiger partial charge in [-0.05, 0) is 24.1 Å². The van der Waals surface area contributed by atoms with Gasteiger partial charge < -0.3 is 4.42 Å². The summed E-state index contributed by atoms with van der Waals surface area (Å²) in [6.45, 7) is 2.65. The molecule has 0 saturated carbocycles. The maximum atomic E-state index is 12.0. The Bertz CT molecular complexity index is 504. The van der Waals surface area contributed by atoms with Gasteiger partial charge in [-0.15, -0.1) is 5.10 Å². The summed E-state index contributed by atoms with van der Waals surface area (Å²) in [7, 11) is 0. The third kappa shape index (κ3) is 1.86. The van der Waals surface area contributed by atoms with Crippen LogP contribution in [0.25, 0.3) is 0 Å². The molecule has 6 heteroatoms. The van der Waals surface area contributed by atoms with E-state index >= 15 is 0 Å². The van der Waals surface area contributed by atoms with Crippen molar-refractivity contribution in [1.82, 2.24) is 15.0 Å². The maximum Gasteiger partial charge on any atom is 0.217 e. The Morgan fingerprint density at radius 1 is 1.62 bits per heavy atom. The molecule has 0 radical (unpaired) electrons. The molecule has 0 aromatic carbocycles. The predicted molar refractivity (Wildman–Crippen MR) is 57.5 cm³/mol. The molecule has 2 aromatic heterocycles. The van der Waals surface area contributed by atoms with Crippen LogP contribution < -0.4 is 0 Å². The molecule has 0 bridgehead atoms. The van der Waals surface area contributed by atoms with E-state index in [2.05, 4.69) is 10.3 Å². The van der Waals surface area contributed by atoms with Gasteiger partial charge in [0.05, 0.1) is 18.0 Å². The zero-order valence-electron chi connectivity index (χ0n) is 8.68. The fourth-order valence-corrected chi connectivity index (χ4v) is 1.60. The van der Waals surface area contributed by atoms with Crippen LogP contribution in [0, 0.1) is 0 Å². The van der Waals surface area contributed by atoms with Crippen molar-refractivity contribution in [3.8, 4) is 0 Å². The van der Waals surface area contributed by atoms with E-state index in [4.69, 9.17) is 16.0 Å². The first-order valence-electron chi connectivity index (χ1n) is 4.90. The van der Waals surface area contributed by atoms with Crippen molar-refractivity contribution in [3.05, 3.63) is 35.0 Å². The predicted octanol–water partition coefficient (Wildman–Crippen LogP) is 2.17. The molecule has 2 rings (SSSR count). The van der Waals surface area contributed by atoms with Gasteiger partial charge in [-0.25, -0.2) is 4.68 Å². The summed E-state index contributed by atoms with van der Waals surface area (Å²) in [6, 6.07) is 1.54. The number of halogens is 1. The zero-order valence-corrected chi connectivity index (χ0v) is 9.44. The quantitative estimate of drug-likeness (QED) is 0.767. The molecule has 0 amide bonds. The van der Waals surface area contributed by atoms with Crippen molar-refractivity contribution >= 4 is 17.4 Å². The van der Waals surface area contributed by atoms with Crippen molar-refractivity contribution < 1.29 is 9.21 Å². The number of carbonyl (C=O) groups is 1. The van der Waals surface area contributed by atoms with Gasteiger partial charge >= 0.3 is 0 Å². The second kappa shape index (κ2) is 4.49. The highest BCUT2D eigenvalue weighted by Crippen LogP contribution is 2.20. The molecule has 0 spiro atoms. The van der Waals surface area contributed by atoms with Crippen molar-refractivity contribution in [2.75, 3.05) is 0 Å². The van der Waals surface area contributed by atoms with E-state index in [1.54, 1.807) is 4.68 Å². The van der Waals surface area contributed by atoms with Crippen molar-refractivity contribution in [1.29, 1.82) is 0 Å². The fourth-order valence-electron chi connectivity index (χ4n) is 1.40. The van der Waals surface area contributed by atoms with Crippen LogP contribution in [-0.2, 0) is 6.54 Å². The standard InChI is InChI=1S/C10H10ClN3O2/c1-2-4-14-8(6-12-13-14)9(15)7-3-5-16-10(7)11/h3,5-6H,2,4H2,1H3. The largest absolute Gasteiger partial charge is 0.452 e. The summed E-state index contributed by atoms with van der Waals surface area (Å²) >= 11 is 5.74. The number of ketones is 1. The van der Waals surface area contributed by atoms with E-state index in [0.29, 0.717) is 17.8 Å². The molecule has 5 nitrogen and oxygen atoms in total. The Morgan fingerprint density at radius 2 is 2.44 bits per heavy atom. The minimum absolute atomic E-state index is 0.0919. The summed E-state index contributed by atoms with van der Waals surface area (Å²) in [5.74, 6) is -0.225. The third-order valence-electron chi connectivity index (χ3n) is 2.15. The van der Waals surface area contributed by atoms with Gasteiger partial charge in [0.15, 0.2) is 0 Å². The SMILES string of the molecule is CCCn1nncc1C(=O)c1ccoc1Cl. The number of carbonyl (C=O) groups excluding carboxylic acids is 1. The molecule has 0 unspecified atom stereocenters. The Morgan fingerprint density at radius 3 is 3.06 bits per heavy atom. The van der Waals surface area contributed by atoms with E-state index in [1.807, 2.05) is 6.92 Å². The van der Waals surface area contributed by atoms with E-state index in [0.717, 1.165) is 6.42 Å². The highest BCUT2D eigenvalue weighted by Gasteiger charge is 2.19. The number of hydrogen-bond donors (Lipinski definition) is 0. The molecule has 0 saturated heterocycles. The van der Waals surface area contributed by atoms with Gasteiger partial charge in [-0.1, -0.05) is 12.1 Å². The van der Waals surface area contributed by atoms with Crippen LogP contribution in [0.3, 0.4) is 0 Å². The van der Waals surface area contributed by atoms with Gasteiger partial charge in [-0.2, -0.15) is 0 Å². The first kappa shape index (κ1) is 10.9. The molecule has 2 aromatic rings. The first-order chi connectivity index (χ1) is 7.74. The zero-order chi connectivity index (χ0) is 11.5. The molecule has 2 heterocycles. The molecular weight excluding hydrogens is 230 g/mol. The molecule has 0 aliphatic rings. The number of rotatable bonds is 4. The Hall–Kier alpha value is -1.62. The first-order valence-corrected chi connectivity index (χ1v) is 5.28. The summed E-state index contributed by atoms with van der Waals surface area (Å²) < 4.78 is 6.44. The Labute approximate surface area is 97.0 Å². The second-order valence-electron chi connectivity index (χ2n) is 3.28. The summed E-state index contributed by atoms with van der Waals surface area (Å²) in [5, 5.41) is 7.65. The van der Waals surface area contributed by atoms with Crippen LogP contribution in [0.5, 0.6) is 0 Å². The minimum atomic E-state index is -0.225. The van der Waals surface area contributed by atoms with Crippen molar-refractivity contribution in [2.45, 2.75) is 19.9 Å². The van der Waals surface area contributed by atoms with Crippen molar-refractivity contribution in [2.24, 2.45) is 0 Å². The average molecular weight is 240 g/mol. The molecule has 0 fully saturated rings. The van der Waals surface area contributed by atoms with Crippen LogP contribution in [0.1, 0.15) is 29.4 Å². The topological polar surface area (TPSA) is 60.9 Å². The van der Waals surface area contributed by atoms with Crippen LogP contribution in [0.15, 0.2) is 22.9 Å². The van der Waals surface area contributed by atoms with Crippen LogP contribution in [0.4, 0.5) is 0 Å². The smallest absolute Gasteiger partial charge is 0.217 e. The van der Waals surface area contributed by atoms with Gasteiger partial charge in [-0.3, -0.25) is 4.79 Å².